The number of aromatic nitrogens is 2. The zero-order chi connectivity index (χ0) is 26.1. The molecule has 1 aliphatic heterocycles. The molecule has 36 heavy (non-hydrogen) atoms. The minimum Gasteiger partial charge on any atom is -0.439 e. The van der Waals surface area contributed by atoms with Gasteiger partial charge in [0.1, 0.15) is 11.6 Å². The van der Waals surface area contributed by atoms with Crippen molar-refractivity contribution in [2.24, 2.45) is 5.92 Å². The van der Waals surface area contributed by atoms with E-state index in [9.17, 15) is 18.0 Å². The SMILES string of the molecule is CC(=O)c1cccc(Oc2cccc(S(=O)(=O)NC(=O)c3cccnc3N3CC(C)CC3(C)C)n2)c1. The number of carbonyl (C=O) groups excluding carboxylic acids is 2. The number of anilines is 1. The Morgan fingerprint density at radius 1 is 1.11 bits per heavy atom. The number of nitrogens with zero attached hydrogens (tertiary/aromatic N) is 3. The summed E-state index contributed by atoms with van der Waals surface area (Å²) in [5.74, 6) is 0.251. The fourth-order valence-electron chi connectivity index (χ4n) is 4.48. The second kappa shape index (κ2) is 9.69. The number of nitrogens with one attached hydrogen (secondary N) is 1. The van der Waals surface area contributed by atoms with Crippen LogP contribution in [-0.2, 0) is 10.0 Å². The molecule has 0 radical (unpaired) electrons. The van der Waals surface area contributed by atoms with Crippen LogP contribution in [0.3, 0.4) is 0 Å². The van der Waals surface area contributed by atoms with Gasteiger partial charge in [-0.15, -0.1) is 0 Å². The molecule has 1 saturated heterocycles. The summed E-state index contributed by atoms with van der Waals surface area (Å²) in [4.78, 5) is 35.3. The molecule has 2 aromatic heterocycles. The Morgan fingerprint density at radius 2 is 1.86 bits per heavy atom. The van der Waals surface area contributed by atoms with Crippen molar-refractivity contribution < 1.29 is 22.7 Å². The number of Topliss-reactive ketones (excluding diaryl/α,β-unsaturated/α-hetero) is 1. The van der Waals surface area contributed by atoms with Gasteiger partial charge in [0, 0.05) is 29.9 Å². The van der Waals surface area contributed by atoms with Crippen LogP contribution in [0.5, 0.6) is 11.6 Å². The molecule has 0 aliphatic carbocycles. The lowest BCUT2D eigenvalue weighted by Gasteiger charge is -2.33. The third kappa shape index (κ3) is 5.38. The number of hydrogen-bond acceptors (Lipinski definition) is 8. The molecule has 3 aromatic rings. The van der Waals surface area contributed by atoms with Crippen molar-refractivity contribution in [1.29, 1.82) is 0 Å². The lowest BCUT2D eigenvalue weighted by atomic mass is 9.97. The van der Waals surface area contributed by atoms with Gasteiger partial charge in [-0.1, -0.05) is 25.1 Å². The average Bonchev–Trinajstić information content (AvgIpc) is 3.10. The largest absolute Gasteiger partial charge is 0.439 e. The van der Waals surface area contributed by atoms with Crippen molar-refractivity contribution >= 4 is 27.5 Å². The van der Waals surface area contributed by atoms with Crippen molar-refractivity contribution in [1.82, 2.24) is 14.7 Å². The van der Waals surface area contributed by atoms with Crippen LogP contribution in [0.1, 0.15) is 54.8 Å². The number of amides is 1. The van der Waals surface area contributed by atoms with Crippen molar-refractivity contribution in [2.75, 3.05) is 11.4 Å². The summed E-state index contributed by atoms with van der Waals surface area (Å²) in [6.45, 7) is 8.43. The Kier molecular flexibility index (Phi) is 6.81. The summed E-state index contributed by atoms with van der Waals surface area (Å²) in [5.41, 5.74) is 0.386. The van der Waals surface area contributed by atoms with E-state index >= 15 is 0 Å². The summed E-state index contributed by atoms with van der Waals surface area (Å²) in [6, 6.07) is 13.8. The summed E-state index contributed by atoms with van der Waals surface area (Å²) in [7, 11) is -4.31. The van der Waals surface area contributed by atoms with Gasteiger partial charge in [-0.3, -0.25) is 9.59 Å². The molecule has 1 fully saturated rings. The molecule has 0 bridgehead atoms. The molecule has 1 N–H and O–H groups in total. The number of benzene rings is 1. The first-order chi connectivity index (χ1) is 17.0. The molecule has 188 valence electrons. The van der Waals surface area contributed by atoms with E-state index in [1.807, 2.05) is 4.90 Å². The normalized spacial score (nSPS) is 17.0. The van der Waals surface area contributed by atoms with Crippen LogP contribution in [0.4, 0.5) is 5.82 Å². The second-order valence-corrected chi connectivity index (χ2v) is 11.2. The van der Waals surface area contributed by atoms with Crippen LogP contribution in [0.2, 0.25) is 0 Å². The lowest BCUT2D eigenvalue weighted by Crippen LogP contribution is -2.41. The first-order valence-corrected chi connectivity index (χ1v) is 13.0. The van der Waals surface area contributed by atoms with Gasteiger partial charge in [-0.05, 0) is 63.4 Å². The van der Waals surface area contributed by atoms with Gasteiger partial charge >= 0.3 is 0 Å². The molecule has 3 heterocycles. The number of hydrogen-bond donors (Lipinski definition) is 1. The third-order valence-electron chi connectivity index (χ3n) is 6.02. The van der Waals surface area contributed by atoms with E-state index in [4.69, 9.17) is 4.74 Å². The molecule has 1 amide bonds. The van der Waals surface area contributed by atoms with E-state index in [0.29, 0.717) is 29.6 Å². The van der Waals surface area contributed by atoms with E-state index in [1.165, 1.54) is 31.2 Å². The number of ketones is 1. The molecular weight excluding hydrogens is 480 g/mol. The van der Waals surface area contributed by atoms with Gasteiger partial charge in [0.15, 0.2) is 10.8 Å². The summed E-state index contributed by atoms with van der Waals surface area (Å²) in [5, 5.41) is -0.378. The molecule has 1 unspecified atom stereocenters. The third-order valence-corrected chi connectivity index (χ3v) is 7.26. The molecule has 1 aromatic carbocycles. The molecule has 4 rings (SSSR count). The van der Waals surface area contributed by atoms with Crippen molar-refractivity contribution in [3.8, 4) is 11.6 Å². The van der Waals surface area contributed by atoms with Crippen LogP contribution >= 0.6 is 0 Å². The van der Waals surface area contributed by atoms with Crippen LogP contribution in [0.25, 0.3) is 0 Å². The van der Waals surface area contributed by atoms with Gasteiger partial charge in [-0.2, -0.15) is 13.4 Å². The van der Waals surface area contributed by atoms with Gasteiger partial charge in [0.25, 0.3) is 15.9 Å². The van der Waals surface area contributed by atoms with Gasteiger partial charge < -0.3 is 9.64 Å². The fraction of sp³-hybridized carbons (Fsp3) is 0.308. The molecule has 1 atom stereocenters. The van der Waals surface area contributed by atoms with Crippen LogP contribution in [0.15, 0.2) is 65.8 Å². The number of carbonyl (C=O) groups is 2. The maximum Gasteiger partial charge on any atom is 0.281 e. The predicted molar refractivity (Wildman–Crippen MR) is 135 cm³/mol. The highest BCUT2D eigenvalue weighted by Crippen LogP contribution is 2.37. The first-order valence-electron chi connectivity index (χ1n) is 11.5. The fourth-order valence-corrected chi connectivity index (χ4v) is 5.41. The Hall–Kier alpha value is -3.79. The van der Waals surface area contributed by atoms with E-state index < -0.39 is 15.9 Å². The summed E-state index contributed by atoms with van der Waals surface area (Å²) < 4.78 is 33.9. The highest BCUT2D eigenvalue weighted by Gasteiger charge is 2.39. The Labute approximate surface area is 210 Å². The van der Waals surface area contributed by atoms with E-state index in [0.717, 1.165) is 6.42 Å². The molecule has 0 saturated carbocycles. The van der Waals surface area contributed by atoms with Gasteiger partial charge in [-0.25, -0.2) is 9.71 Å². The summed E-state index contributed by atoms with van der Waals surface area (Å²) in [6.07, 6.45) is 2.51. The van der Waals surface area contributed by atoms with Crippen LogP contribution in [-0.4, -0.2) is 42.2 Å². The monoisotopic (exact) mass is 508 g/mol. The Bertz CT molecular complexity index is 1420. The number of ether oxygens (including phenoxy) is 1. The molecule has 10 heteroatoms. The van der Waals surface area contributed by atoms with E-state index in [1.54, 1.807) is 36.5 Å². The van der Waals surface area contributed by atoms with Gasteiger partial charge in [0.05, 0.1) is 5.56 Å². The standard InChI is InChI=1S/C26H28N4O5S/c1-17-15-26(3,4)30(16-17)24-21(10-7-13-27-24)25(32)29-36(33,34)23-12-6-11-22(28-23)35-20-9-5-8-19(14-20)18(2)31/h5-14,17H,15-16H2,1-4H3,(H,29,32). The lowest BCUT2D eigenvalue weighted by molar-refractivity contribution is 0.0979. The highest BCUT2D eigenvalue weighted by molar-refractivity contribution is 7.90. The maximum atomic E-state index is 13.1. The molecule has 1 aliphatic rings. The number of sulfonamides is 1. The highest BCUT2D eigenvalue weighted by atomic mass is 32.2. The minimum absolute atomic E-state index is 0.000830. The van der Waals surface area contributed by atoms with Crippen LogP contribution in [0, 0.1) is 5.92 Å². The van der Waals surface area contributed by atoms with Crippen LogP contribution < -0.4 is 14.4 Å². The topological polar surface area (TPSA) is 119 Å². The minimum atomic E-state index is -4.31. The van der Waals surface area contributed by atoms with E-state index in [2.05, 4.69) is 35.5 Å². The zero-order valence-corrected chi connectivity index (χ0v) is 21.4. The van der Waals surface area contributed by atoms with E-state index in [-0.39, 0.29) is 27.8 Å². The van der Waals surface area contributed by atoms with Gasteiger partial charge in [0.2, 0.25) is 5.88 Å². The number of rotatable bonds is 7. The number of pyridine rings is 2. The molecule has 0 spiro atoms. The van der Waals surface area contributed by atoms with Crippen molar-refractivity contribution in [3.63, 3.8) is 0 Å². The molecule has 9 nitrogen and oxygen atoms in total. The Morgan fingerprint density at radius 3 is 2.56 bits per heavy atom. The Balaban J connectivity index is 1.57. The zero-order valence-electron chi connectivity index (χ0n) is 20.6. The quantitative estimate of drug-likeness (QED) is 0.472. The summed E-state index contributed by atoms with van der Waals surface area (Å²) >= 11 is 0. The maximum absolute atomic E-state index is 13.1. The first kappa shape index (κ1) is 25.3. The molecular formula is C26H28N4O5S. The van der Waals surface area contributed by atoms with Crippen molar-refractivity contribution in [2.45, 2.75) is 44.7 Å². The predicted octanol–water partition coefficient (Wildman–Crippen LogP) is 4.22. The second-order valence-electron chi connectivity index (χ2n) is 9.54. The smallest absolute Gasteiger partial charge is 0.281 e. The van der Waals surface area contributed by atoms with Crippen molar-refractivity contribution in [3.05, 3.63) is 71.9 Å². The average molecular weight is 509 g/mol.